The molecule has 1 unspecified atom stereocenters. The van der Waals surface area contributed by atoms with Gasteiger partial charge < -0.3 is 10.2 Å². The normalized spacial score (nSPS) is 19.3. The molecule has 1 aliphatic carbocycles. The zero-order valence-electron chi connectivity index (χ0n) is 18.0. The van der Waals surface area contributed by atoms with Crippen LogP contribution in [0.2, 0.25) is 0 Å². The van der Waals surface area contributed by atoms with Crippen molar-refractivity contribution in [2.45, 2.75) is 50.6 Å². The third kappa shape index (κ3) is 5.01. The van der Waals surface area contributed by atoms with Gasteiger partial charge >= 0.3 is 0 Å². The first-order valence-electron chi connectivity index (χ1n) is 10.7. The smallest absolute Gasteiger partial charge is 0.253 e. The van der Waals surface area contributed by atoms with Gasteiger partial charge in [-0.25, -0.2) is 8.42 Å². The number of benzene rings is 1. The lowest BCUT2D eigenvalue weighted by Crippen LogP contribution is -2.55. The maximum absolute atomic E-state index is 13.0. The van der Waals surface area contributed by atoms with Crippen molar-refractivity contribution in [1.82, 2.24) is 19.4 Å². The van der Waals surface area contributed by atoms with Gasteiger partial charge in [0.25, 0.3) is 5.91 Å². The maximum Gasteiger partial charge on any atom is 0.253 e. The van der Waals surface area contributed by atoms with Gasteiger partial charge in [0.2, 0.25) is 15.9 Å². The Morgan fingerprint density at radius 1 is 1.07 bits per heavy atom. The summed E-state index contributed by atoms with van der Waals surface area (Å²) >= 11 is 0. The predicted octanol–water partition coefficient (Wildman–Crippen LogP) is 1.14. The van der Waals surface area contributed by atoms with E-state index in [1.807, 2.05) is 25.7 Å². The van der Waals surface area contributed by atoms with E-state index in [0.717, 1.165) is 12.8 Å². The first-order valence-corrected chi connectivity index (χ1v) is 12.2. The van der Waals surface area contributed by atoms with E-state index in [1.54, 1.807) is 17.0 Å². The van der Waals surface area contributed by atoms with Crippen LogP contribution in [0, 0.1) is 0 Å². The van der Waals surface area contributed by atoms with E-state index in [2.05, 4.69) is 5.32 Å². The summed E-state index contributed by atoms with van der Waals surface area (Å²) in [6, 6.07) is 6.22. The second-order valence-electron chi connectivity index (χ2n) is 7.90. The van der Waals surface area contributed by atoms with Crippen molar-refractivity contribution in [2.75, 3.05) is 39.3 Å². The van der Waals surface area contributed by atoms with Crippen LogP contribution in [-0.2, 0) is 14.8 Å². The molecule has 1 N–H and O–H groups in total. The molecule has 2 aliphatic rings. The predicted molar refractivity (Wildman–Crippen MR) is 115 cm³/mol. The lowest BCUT2D eigenvalue weighted by atomic mass is 10.2. The molecule has 9 heteroatoms. The van der Waals surface area contributed by atoms with Crippen molar-refractivity contribution in [2.24, 2.45) is 0 Å². The van der Waals surface area contributed by atoms with Crippen LogP contribution in [0.25, 0.3) is 0 Å². The second kappa shape index (κ2) is 9.45. The molecule has 0 spiro atoms. The van der Waals surface area contributed by atoms with Crippen molar-refractivity contribution >= 4 is 21.8 Å². The van der Waals surface area contributed by atoms with E-state index in [-0.39, 0.29) is 22.8 Å². The standard InChI is InChI=1S/C21H32N4O4S/c1-4-23(5-2)21(27)17-6-10-19(11-7-17)30(28,29)25-14-12-24(13-15-25)16(3)20(26)22-18-8-9-18/h6-7,10-11,16,18H,4-5,8-9,12-15H2,1-3H3,(H,22,26). The van der Waals surface area contributed by atoms with Crippen LogP contribution >= 0.6 is 0 Å². The van der Waals surface area contributed by atoms with Gasteiger partial charge in [0.1, 0.15) is 0 Å². The average molecular weight is 437 g/mol. The highest BCUT2D eigenvalue weighted by Crippen LogP contribution is 2.21. The summed E-state index contributed by atoms with van der Waals surface area (Å²) < 4.78 is 27.5. The van der Waals surface area contributed by atoms with Crippen molar-refractivity contribution in [3.8, 4) is 0 Å². The molecule has 1 heterocycles. The third-order valence-corrected chi connectivity index (χ3v) is 7.83. The minimum atomic E-state index is -3.63. The van der Waals surface area contributed by atoms with Crippen LogP contribution in [-0.4, -0.2) is 85.7 Å². The molecule has 1 atom stereocenters. The molecule has 2 fully saturated rings. The van der Waals surface area contributed by atoms with Gasteiger partial charge in [0.15, 0.2) is 0 Å². The second-order valence-corrected chi connectivity index (χ2v) is 9.84. The van der Waals surface area contributed by atoms with Gasteiger partial charge in [-0.15, -0.1) is 0 Å². The highest BCUT2D eigenvalue weighted by Gasteiger charge is 2.33. The number of sulfonamides is 1. The van der Waals surface area contributed by atoms with Gasteiger partial charge in [-0.3, -0.25) is 14.5 Å². The zero-order chi connectivity index (χ0) is 21.9. The minimum Gasteiger partial charge on any atom is -0.352 e. The number of hydrogen-bond donors (Lipinski definition) is 1. The van der Waals surface area contributed by atoms with Crippen molar-refractivity contribution < 1.29 is 18.0 Å². The molecule has 0 aromatic heterocycles. The summed E-state index contributed by atoms with van der Waals surface area (Å²) in [6.07, 6.45) is 2.09. The van der Waals surface area contributed by atoms with Crippen LogP contribution in [0.3, 0.4) is 0 Å². The SMILES string of the molecule is CCN(CC)C(=O)c1ccc(S(=O)(=O)N2CCN(C(C)C(=O)NC3CC3)CC2)cc1. The molecular weight excluding hydrogens is 404 g/mol. The van der Waals surface area contributed by atoms with Crippen molar-refractivity contribution in [3.05, 3.63) is 29.8 Å². The van der Waals surface area contributed by atoms with E-state index in [1.165, 1.54) is 16.4 Å². The maximum atomic E-state index is 13.0. The van der Waals surface area contributed by atoms with E-state index in [0.29, 0.717) is 50.9 Å². The molecule has 3 rings (SSSR count). The monoisotopic (exact) mass is 436 g/mol. The molecule has 30 heavy (non-hydrogen) atoms. The summed E-state index contributed by atoms with van der Waals surface area (Å²) in [7, 11) is -3.63. The number of hydrogen-bond acceptors (Lipinski definition) is 5. The molecular formula is C21H32N4O4S. The van der Waals surface area contributed by atoms with Crippen molar-refractivity contribution in [3.63, 3.8) is 0 Å². The summed E-state index contributed by atoms with van der Waals surface area (Å²) in [5.41, 5.74) is 0.484. The summed E-state index contributed by atoms with van der Waals surface area (Å²) in [4.78, 5) is 28.6. The van der Waals surface area contributed by atoms with Crippen LogP contribution in [0.1, 0.15) is 44.0 Å². The van der Waals surface area contributed by atoms with E-state index in [4.69, 9.17) is 0 Å². The molecule has 166 valence electrons. The fraction of sp³-hybridized carbons (Fsp3) is 0.619. The van der Waals surface area contributed by atoms with Gasteiger partial charge in [-0.1, -0.05) is 0 Å². The summed E-state index contributed by atoms with van der Waals surface area (Å²) in [6.45, 7) is 8.61. The minimum absolute atomic E-state index is 0.0160. The number of nitrogens with one attached hydrogen (secondary N) is 1. The Balaban J connectivity index is 1.61. The van der Waals surface area contributed by atoms with Crippen LogP contribution < -0.4 is 5.32 Å². The van der Waals surface area contributed by atoms with E-state index >= 15 is 0 Å². The lowest BCUT2D eigenvalue weighted by Gasteiger charge is -2.36. The third-order valence-electron chi connectivity index (χ3n) is 5.91. The Kier molecular flexibility index (Phi) is 7.15. The molecule has 1 saturated heterocycles. The number of rotatable bonds is 8. The summed E-state index contributed by atoms with van der Waals surface area (Å²) in [5, 5.41) is 3.01. The number of nitrogens with zero attached hydrogens (tertiary/aromatic N) is 3. The molecule has 8 nitrogen and oxygen atoms in total. The highest BCUT2D eigenvalue weighted by atomic mass is 32.2. The van der Waals surface area contributed by atoms with Crippen LogP contribution in [0.5, 0.6) is 0 Å². The zero-order valence-corrected chi connectivity index (χ0v) is 18.8. The quantitative estimate of drug-likeness (QED) is 0.660. The molecule has 1 aromatic rings. The Morgan fingerprint density at radius 3 is 2.13 bits per heavy atom. The van der Waals surface area contributed by atoms with Crippen LogP contribution in [0.15, 0.2) is 29.2 Å². The highest BCUT2D eigenvalue weighted by molar-refractivity contribution is 7.89. The molecule has 1 saturated carbocycles. The fourth-order valence-electron chi connectivity index (χ4n) is 3.66. The van der Waals surface area contributed by atoms with Gasteiger partial charge in [-0.05, 0) is 57.9 Å². The molecule has 1 aliphatic heterocycles. The van der Waals surface area contributed by atoms with E-state index in [9.17, 15) is 18.0 Å². The lowest BCUT2D eigenvalue weighted by molar-refractivity contribution is -0.126. The van der Waals surface area contributed by atoms with E-state index < -0.39 is 10.0 Å². The van der Waals surface area contributed by atoms with Crippen LogP contribution in [0.4, 0.5) is 0 Å². The largest absolute Gasteiger partial charge is 0.352 e. The fourth-order valence-corrected chi connectivity index (χ4v) is 5.08. The summed E-state index contributed by atoms with van der Waals surface area (Å²) in [5.74, 6) is -0.0849. The Morgan fingerprint density at radius 2 is 1.63 bits per heavy atom. The van der Waals surface area contributed by atoms with Gasteiger partial charge in [0, 0.05) is 50.9 Å². The molecule has 1 aromatic carbocycles. The first-order chi connectivity index (χ1) is 14.3. The molecule has 2 amide bonds. The van der Waals surface area contributed by atoms with Gasteiger partial charge in [-0.2, -0.15) is 4.31 Å². The first kappa shape index (κ1) is 22.7. The number of carbonyl (C=O) groups is 2. The number of amides is 2. The number of carbonyl (C=O) groups excluding carboxylic acids is 2. The van der Waals surface area contributed by atoms with Gasteiger partial charge in [0.05, 0.1) is 10.9 Å². The topological polar surface area (TPSA) is 90.0 Å². The molecule has 0 bridgehead atoms. The Labute approximate surface area is 179 Å². The van der Waals surface area contributed by atoms with Crippen molar-refractivity contribution in [1.29, 1.82) is 0 Å². The Hall–Kier alpha value is -1.97. The average Bonchev–Trinajstić information content (AvgIpc) is 3.58. The number of piperazine rings is 1. The molecule has 0 radical (unpaired) electrons. The Bertz CT molecular complexity index is 855.